The SMILES string of the molecule is Cn1ccnc1/C(=N\OC(F)F)C1CCCCC1. The van der Waals surface area contributed by atoms with Crippen molar-refractivity contribution in [2.75, 3.05) is 0 Å². The lowest BCUT2D eigenvalue weighted by Crippen LogP contribution is -2.22. The standard InChI is InChI=1S/C12H17F2N3O/c1-17-8-7-15-11(17)10(16-18-12(13)14)9-5-3-2-4-6-9/h7-9,12H,2-6H2,1H3/b16-10-. The first kappa shape index (κ1) is 13.0. The first-order valence-electron chi connectivity index (χ1n) is 6.18. The van der Waals surface area contributed by atoms with E-state index in [4.69, 9.17) is 0 Å². The van der Waals surface area contributed by atoms with Gasteiger partial charge in [-0.2, -0.15) is 8.78 Å². The molecule has 1 heterocycles. The summed E-state index contributed by atoms with van der Waals surface area (Å²) in [7, 11) is 1.82. The second-order valence-electron chi connectivity index (χ2n) is 4.54. The van der Waals surface area contributed by atoms with E-state index < -0.39 is 6.61 Å². The summed E-state index contributed by atoms with van der Waals surface area (Å²) in [5.41, 5.74) is 0.544. The van der Waals surface area contributed by atoms with Crippen LogP contribution in [0.4, 0.5) is 8.78 Å². The van der Waals surface area contributed by atoms with Gasteiger partial charge in [0.05, 0.1) is 0 Å². The van der Waals surface area contributed by atoms with Crippen molar-refractivity contribution in [3.63, 3.8) is 0 Å². The number of hydrogen-bond acceptors (Lipinski definition) is 3. The van der Waals surface area contributed by atoms with Crippen LogP contribution >= 0.6 is 0 Å². The Balaban J connectivity index is 2.22. The molecule has 18 heavy (non-hydrogen) atoms. The maximum Gasteiger partial charge on any atom is 0.407 e. The van der Waals surface area contributed by atoms with Crippen molar-refractivity contribution in [3.05, 3.63) is 18.2 Å². The molecule has 4 nitrogen and oxygen atoms in total. The fourth-order valence-corrected chi connectivity index (χ4v) is 2.38. The Morgan fingerprint density at radius 3 is 2.72 bits per heavy atom. The maximum absolute atomic E-state index is 12.1. The number of nitrogens with zero attached hydrogens (tertiary/aromatic N) is 3. The van der Waals surface area contributed by atoms with E-state index in [0.29, 0.717) is 11.5 Å². The van der Waals surface area contributed by atoms with Crippen molar-refractivity contribution in [1.82, 2.24) is 9.55 Å². The van der Waals surface area contributed by atoms with E-state index in [2.05, 4.69) is 15.0 Å². The average Bonchev–Trinajstić information content (AvgIpc) is 2.77. The average molecular weight is 257 g/mol. The molecule has 0 radical (unpaired) electrons. The summed E-state index contributed by atoms with van der Waals surface area (Å²) >= 11 is 0. The van der Waals surface area contributed by atoms with Crippen LogP contribution in [-0.2, 0) is 11.9 Å². The summed E-state index contributed by atoms with van der Waals surface area (Å²) in [5, 5.41) is 3.63. The Labute approximate surface area is 105 Å². The number of rotatable bonds is 4. The number of oxime groups is 1. The van der Waals surface area contributed by atoms with Gasteiger partial charge in [0.15, 0.2) is 5.82 Å². The Morgan fingerprint density at radius 1 is 1.44 bits per heavy atom. The second-order valence-corrected chi connectivity index (χ2v) is 4.54. The highest BCUT2D eigenvalue weighted by molar-refractivity contribution is 5.99. The molecule has 0 aromatic carbocycles. The van der Waals surface area contributed by atoms with E-state index in [-0.39, 0.29) is 5.92 Å². The van der Waals surface area contributed by atoms with Crippen molar-refractivity contribution >= 4 is 5.71 Å². The molecule has 1 saturated carbocycles. The molecular formula is C12H17F2N3O. The summed E-state index contributed by atoms with van der Waals surface area (Å²) in [4.78, 5) is 8.31. The van der Waals surface area contributed by atoms with E-state index in [1.165, 1.54) is 6.42 Å². The minimum absolute atomic E-state index is 0.165. The summed E-state index contributed by atoms with van der Waals surface area (Å²) in [6.07, 6.45) is 8.72. The summed E-state index contributed by atoms with van der Waals surface area (Å²) < 4.78 is 26.1. The van der Waals surface area contributed by atoms with Gasteiger partial charge in [-0.05, 0) is 12.8 Å². The summed E-state index contributed by atoms with van der Waals surface area (Å²) in [6.45, 7) is -2.89. The van der Waals surface area contributed by atoms with Gasteiger partial charge < -0.3 is 9.40 Å². The van der Waals surface area contributed by atoms with Gasteiger partial charge in [0, 0.05) is 25.4 Å². The van der Waals surface area contributed by atoms with E-state index in [9.17, 15) is 8.78 Å². The van der Waals surface area contributed by atoms with E-state index in [1.54, 1.807) is 17.0 Å². The lowest BCUT2D eigenvalue weighted by molar-refractivity contribution is -0.128. The molecule has 1 aromatic rings. The lowest BCUT2D eigenvalue weighted by atomic mass is 9.85. The van der Waals surface area contributed by atoms with Gasteiger partial charge in [-0.15, -0.1) is 0 Å². The van der Waals surface area contributed by atoms with Crippen LogP contribution in [0.25, 0.3) is 0 Å². The monoisotopic (exact) mass is 257 g/mol. The van der Waals surface area contributed by atoms with E-state index >= 15 is 0 Å². The Kier molecular flexibility index (Phi) is 4.28. The van der Waals surface area contributed by atoms with Gasteiger partial charge in [-0.3, -0.25) is 0 Å². The molecule has 0 unspecified atom stereocenters. The van der Waals surface area contributed by atoms with Gasteiger partial charge in [0.2, 0.25) is 0 Å². The smallest absolute Gasteiger partial charge is 0.333 e. The fraction of sp³-hybridized carbons (Fsp3) is 0.667. The largest absolute Gasteiger partial charge is 0.407 e. The van der Waals surface area contributed by atoms with Crippen LogP contribution in [0.3, 0.4) is 0 Å². The van der Waals surface area contributed by atoms with Crippen LogP contribution in [0.5, 0.6) is 0 Å². The minimum Gasteiger partial charge on any atom is -0.333 e. The third-order valence-corrected chi connectivity index (χ3v) is 3.27. The van der Waals surface area contributed by atoms with Gasteiger partial charge in [0.25, 0.3) is 0 Å². The van der Waals surface area contributed by atoms with Crippen LogP contribution < -0.4 is 0 Å². The topological polar surface area (TPSA) is 39.4 Å². The number of aryl methyl sites for hydroxylation is 1. The molecule has 0 bridgehead atoms. The van der Waals surface area contributed by atoms with Crippen molar-refractivity contribution in [2.45, 2.75) is 38.7 Å². The molecule has 0 N–H and O–H groups in total. The van der Waals surface area contributed by atoms with Gasteiger partial charge >= 0.3 is 6.61 Å². The molecule has 1 fully saturated rings. The molecule has 1 aliphatic carbocycles. The molecule has 100 valence electrons. The molecular weight excluding hydrogens is 240 g/mol. The second kappa shape index (κ2) is 5.93. The molecule has 0 atom stereocenters. The van der Waals surface area contributed by atoms with E-state index in [1.807, 2.05) is 7.05 Å². The molecule has 1 aliphatic rings. The van der Waals surface area contributed by atoms with Gasteiger partial charge in [-0.25, -0.2) is 4.98 Å². The summed E-state index contributed by atoms with van der Waals surface area (Å²) in [5.74, 6) is 0.779. The van der Waals surface area contributed by atoms with Crippen molar-refractivity contribution < 1.29 is 13.6 Å². The van der Waals surface area contributed by atoms with E-state index in [0.717, 1.165) is 25.7 Å². The first-order valence-corrected chi connectivity index (χ1v) is 6.18. The number of alkyl halides is 2. The molecule has 6 heteroatoms. The summed E-state index contributed by atoms with van der Waals surface area (Å²) in [6, 6.07) is 0. The highest BCUT2D eigenvalue weighted by Crippen LogP contribution is 2.27. The molecule has 0 amide bonds. The van der Waals surface area contributed by atoms with Crippen LogP contribution in [0, 0.1) is 5.92 Å². The lowest BCUT2D eigenvalue weighted by Gasteiger charge is -2.22. The van der Waals surface area contributed by atoms with Gasteiger partial charge in [0.1, 0.15) is 5.71 Å². The highest BCUT2D eigenvalue weighted by atomic mass is 19.3. The Morgan fingerprint density at radius 2 is 2.17 bits per heavy atom. The van der Waals surface area contributed by atoms with Crippen molar-refractivity contribution in [2.24, 2.45) is 18.1 Å². The molecule has 0 aliphatic heterocycles. The zero-order valence-electron chi connectivity index (χ0n) is 10.4. The number of hydrogen-bond donors (Lipinski definition) is 0. The third kappa shape index (κ3) is 3.05. The van der Waals surface area contributed by atoms with Crippen LogP contribution in [0.1, 0.15) is 37.9 Å². The molecule has 0 saturated heterocycles. The maximum atomic E-state index is 12.1. The van der Waals surface area contributed by atoms with Crippen molar-refractivity contribution in [3.8, 4) is 0 Å². The predicted octanol–water partition coefficient (Wildman–Crippen LogP) is 2.94. The first-order chi connectivity index (χ1) is 8.68. The van der Waals surface area contributed by atoms with Crippen LogP contribution in [0.2, 0.25) is 0 Å². The zero-order chi connectivity index (χ0) is 13.0. The third-order valence-electron chi connectivity index (χ3n) is 3.27. The Hall–Kier alpha value is -1.46. The minimum atomic E-state index is -2.89. The molecule has 2 rings (SSSR count). The van der Waals surface area contributed by atoms with Crippen molar-refractivity contribution in [1.29, 1.82) is 0 Å². The predicted molar refractivity (Wildman–Crippen MR) is 63.4 cm³/mol. The quantitative estimate of drug-likeness (QED) is 0.614. The Bertz CT molecular complexity index is 411. The normalized spacial score (nSPS) is 18.3. The molecule has 1 aromatic heterocycles. The number of halogens is 2. The number of aromatic nitrogens is 2. The highest BCUT2D eigenvalue weighted by Gasteiger charge is 2.24. The van der Waals surface area contributed by atoms with Crippen LogP contribution in [-0.4, -0.2) is 21.9 Å². The zero-order valence-corrected chi connectivity index (χ0v) is 10.4. The van der Waals surface area contributed by atoms with Gasteiger partial charge in [-0.1, -0.05) is 24.4 Å². The fourth-order valence-electron chi connectivity index (χ4n) is 2.38. The van der Waals surface area contributed by atoms with Crippen LogP contribution in [0.15, 0.2) is 17.5 Å². The molecule has 0 spiro atoms. The number of imidazole rings is 1.